The molecule has 5 rings (SSSR count). The van der Waals surface area contributed by atoms with Crippen LogP contribution >= 0.6 is 11.3 Å². The topological polar surface area (TPSA) is 106 Å². The van der Waals surface area contributed by atoms with Crippen LogP contribution in [0.3, 0.4) is 0 Å². The van der Waals surface area contributed by atoms with E-state index >= 15 is 0 Å². The number of para-hydroxylation sites is 1. The standard InChI is InChI=1S/C26H19N5O3S/c1-16-28-22-5-3-2-4-21(22)25(34)31(16)20-12-8-18(9-13-20)23(32)29-19-10-6-17(7-11-19)24(33)30-26-27-14-15-35-26/h2-15H,1H3,(H,29,32)(H,27,30,33). The summed E-state index contributed by atoms with van der Waals surface area (Å²) in [5.74, 6) is -0.0238. The summed E-state index contributed by atoms with van der Waals surface area (Å²) in [7, 11) is 0. The van der Waals surface area contributed by atoms with Crippen molar-refractivity contribution >= 4 is 44.9 Å². The van der Waals surface area contributed by atoms with Gasteiger partial charge in [0, 0.05) is 28.4 Å². The van der Waals surface area contributed by atoms with Gasteiger partial charge in [0.15, 0.2) is 5.13 Å². The second-order valence-corrected chi connectivity index (χ2v) is 8.58. The van der Waals surface area contributed by atoms with Gasteiger partial charge in [0.05, 0.1) is 16.6 Å². The predicted octanol–water partition coefficient (Wildman–Crippen LogP) is 4.66. The minimum absolute atomic E-state index is 0.163. The second kappa shape index (κ2) is 9.32. The molecule has 0 fully saturated rings. The number of fused-ring (bicyclic) bond motifs is 1. The molecule has 2 amide bonds. The highest BCUT2D eigenvalue weighted by Gasteiger charge is 2.12. The summed E-state index contributed by atoms with van der Waals surface area (Å²) >= 11 is 1.33. The predicted molar refractivity (Wildman–Crippen MR) is 137 cm³/mol. The van der Waals surface area contributed by atoms with Gasteiger partial charge >= 0.3 is 0 Å². The SMILES string of the molecule is Cc1nc2ccccc2c(=O)n1-c1ccc(C(=O)Nc2ccc(C(=O)Nc3nccs3)cc2)cc1. The van der Waals surface area contributed by atoms with E-state index in [0.717, 1.165) is 0 Å². The smallest absolute Gasteiger partial charge is 0.265 e. The average Bonchev–Trinajstić information content (AvgIpc) is 3.38. The molecule has 0 aliphatic rings. The Bertz CT molecular complexity index is 1590. The molecule has 9 heteroatoms. The molecule has 0 saturated carbocycles. The highest BCUT2D eigenvalue weighted by Crippen LogP contribution is 2.17. The molecule has 8 nitrogen and oxygen atoms in total. The van der Waals surface area contributed by atoms with Crippen LogP contribution in [0.2, 0.25) is 0 Å². The van der Waals surface area contributed by atoms with Crippen LogP contribution in [-0.2, 0) is 0 Å². The number of anilines is 2. The van der Waals surface area contributed by atoms with Crippen molar-refractivity contribution in [1.82, 2.24) is 14.5 Å². The van der Waals surface area contributed by atoms with Crippen LogP contribution in [0.15, 0.2) is 89.2 Å². The number of aryl methyl sites for hydroxylation is 1. The minimum atomic E-state index is -0.308. The van der Waals surface area contributed by atoms with E-state index in [9.17, 15) is 14.4 Å². The molecule has 0 saturated heterocycles. The number of carbonyl (C=O) groups excluding carboxylic acids is 2. The van der Waals surface area contributed by atoms with Crippen molar-refractivity contribution in [3.05, 3.63) is 112 Å². The lowest BCUT2D eigenvalue weighted by Crippen LogP contribution is -2.22. The van der Waals surface area contributed by atoms with Crippen LogP contribution in [-0.4, -0.2) is 26.3 Å². The summed E-state index contributed by atoms with van der Waals surface area (Å²) in [5.41, 5.74) is 2.54. The quantitative estimate of drug-likeness (QED) is 0.380. The molecule has 5 aromatic rings. The number of aromatic nitrogens is 3. The number of carbonyl (C=O) groups is 2. The molecule has 2 aromatic heterocycles. The Labute approximate surface area is 203 Å². The zero-order valence-electron chi connectivity index (χ0n) is 18.6. The van der Waals surface area contributed by atoms with E-state index in [1.165, 1.54) is 15.9 Å². The monoisotopic (exact) mass is 481 g/mol. The summed E-state index contributed by atoms with van der Waals surface area (Å²) in [4.78, 5) is 46.5. The van der Waals surface area contributed by atoms with Gasteiger partial charge in [0.2, 0.25) is 0 Å². The maximum absolute atomic E-state index is 13.0. The van der Waals surface area contributed by atoms with Crippen molar-refractivity contribution in [1.29, 1.82) is 0 Å². The number of amides is 2. The van der Waals surface area contributed by atoms with Gasteiger partial charge in [-0.05, 0) is 67.6 Å². The van der Waals surface area contributed by atoms with Gasteiger partial charge < -0.3 is 5.32 Å². The maximum atomic E-state index is 13.0. The lowest BCUT2D eigenvalue weighted by Gasteiger charge is -2.12. The molecule has 0 bridgehead atoms. The molecule has 2 heterocycles. The Balaban J connectivity index is 1.30. The lowest BCUT2D eigenvalue weighted by molar-refractivity contribution is 0.102. The molecule has 0 aliphatic carbocycles. The number of thiazole rings is 1. The van der Waals surface area contributed by atoms with Crippen LogP contribution in [0.1, 0.15) is 26.5 Å². The van der Waals surface area contributed by atoms with Crippen LogP contribution in [0.5, 0.6) is 0 Å². The molecule has 0 atom stereocenters. The van der Waals surface area contributed by atoms with E-state index in [-0.39, 0.29) is 17.4 Å². The Morgan fingerprint density at radius 2 is 1.51 bits per heavy atom. The Morgan fingerprint density at radius 1 is 0.857 bits per heavy atom. The van der Waals surface area contributed by atoms with Crippen molar-refractivity contribution in [3.8, 4) is 5.69 Å². The third-order valence-corrected chi connectivity index (χ3v) is 6.08. The number of nitrogens with zero attached hydrogens (tertiary/aromatic N) is 3. The third-order valence-electron chi connectivity index (χ3n) is 5.39. The van der Waals surface area contributed by atoms with E-state index in [0.29, 0.717) is 44.4 Å². The zero-order valence-corrected chi connectivity index (χ0v) is 19.4. The van der Waals surface area contributed by atoms with Gasteiger partial charge in [0.25, 0.3) is 17.4 Å². The van der Waals surface area contributed by atoms with Crippen molar-refractivity contribution in [3.63, 3.8) is 0 Å². The van der Waals surface area contributed by atoms with E-state index in [2.05, 4.69) is 20.6 Å². The molecule has 0 radical (unpaired) electrons. The van der Waals surface area contributed by atoms with E-state index < -0.39 is 0 Å². The van der Waals surface area contributed by atoms with Gasteiger partial charge in [-0.3, -0.25) is 24.3 Å². The van der Waals surface area contributed by atoms with Gasteiger partial charge in [-0.25, -0.2) is 9.97 Å². The summed E-state index contributed by atoms with van der Waals surface area (Å²) in [6, 6.07) is 20.5. The Hall–Kier alpha value is -4.63. The first-order valence-electron chi connectivity index (χ1n) is 10.7. The van der Waals surface area contributed by atoms with Crippen molar-refractivity contribution in [2.24, 2.45) is 0 Å². The lowest BCUT2D eigenvalue weighted by atomic mass is 10.1. The van der Waals surface area contributed by atoms with Crippen LogP contribution in [0.4, 0.5) is 10.8 Å². The van der Waals surface area contributed by atoms with Crippen molar-refractivity contribution in [2.45, 2.75) is 6.92 Å². The molecule has 2 N–H and O–H groups in total. The number of hydrogen-bond acceptors (Lipinski definition) is 6. The number of hydrogen-bond donors (Lipinski definition) is 2. The number of rotatable bonds is 5. The maximum Gasteiger partial charge on any atom is 0.265 e. The first kappa shape index (κ1) is 22.2. The summed E-state index contributed by atoms with van der Waals surface area (Å²) < 4.78 is 1.53. The normalized spacial score (nSPS) is 10.8. The molecular formula is C26H19N5O3S. The fourth-order valence-corrected chi connectivity index (χ4v) is 4.20. The fraction of sp³-hybridized carbons (Fsp3) is 0.0385. The zero-order chi connectivity index (χ0) is 24.4. The summed E-state index contributed by atoms with van der Waals surface area (Å²) in [6.45, 7) is 1.77. The van der Waals surface area contributed by atoms with Crippen molar-refractivity contribution in [2.75, 3.05) is 10.6 Å². The molecule has 0 spiro atoms. The van der Waals surface area contributed by atoms with Crippen LogP contribution in [0.25, 0.3) is 16.6 Å². The molecule has 35 heavy (non-hydrogen) atoms. The molecule has 0 unspecified atom stereocenters. The van der Waals surface area contributed by atoms with E-state index in [4.69, 9.17) is 0 Å². The third kappa shape index (κ3) is 4.57. The minimum Gasteiger partial charge on any atom is -0.322 e. The fourth-order valence-electron chi connectivity index (χ4n) is 3.67. The van der Waals surface area contributed by atoms with Crippen molar-refractivity contribution < 1.29 is 9.59 Å². The Morgan fingerprint density at radius 3 is 2.20 bits per heavy atom. The first-order valence-corrected chi connectivity index (χ1v) is 11.6. The molecule has 3 aromatic carbocycles. The highest BCUT2D eigenvalue weighted by molar-refractivity contribution is 7.13. The first-order chi connectivity index (χ1) is 17.0. The molecule has 0 aliphatic heterocycles. The van der Waals surface area contributed by atoms with Gasteiger partial charge in [-0.15, -0.1) is 11.3 Å². The van der Waals surface area contributed by atoms with Crippen LogP contribution in [0, 0.1) is 6.92 Å². The van der Waals surface area contributed by atoms with E-state index in [1.54, 1.807) is 85.2 Å². The van der Waals surface area contributed by atoms with Gasteiger partial charge in [0.1, 0.15) is 5.82 Å². The van der Waals surface area contributed by atoms with E-state index in [1.807, 2.05) is 6.07 Å². The molecule has 172 valence electrons. The largest absolute Gasteiger partial charge is 0.322 e. The number of benzene rings is 3. The second-order valence-electron chi connectivity index (χ2n) is 7.69. The van der Waals surface area contributed by atoms with Crippen LogP contribution < -0.4 is 16.2 Å². The highest BCUT2D eigenvalue weighted by atomic mass is 32.1. The van der Waals surface area contributed by atoms with Gasteiger partial charge in [-0.2, -0.15) is 0 Å². The molecular weight excluding hydrogens is 462 g/mol. The van der Waals surface area contributed by atoms with Gasteiger partial charge in [-0.1, -0.05) is 12.1 Å². The summed E-state index contributed by atoms with van der Waals surface area (Å²) in [5, 5.41) is 8.36. The average molecular weight is 482 g/mol. The summed E-state index contributed by atoms with van der Waals surface area (Å²) in [6.07, 6.45) is 1.61. The Kier molecular flexibility index (Phi) is 5.90. The number of nitrogens with one attached hydrogen (secondary N) is 2.